The molecule has 0 atom stereocenters. The maximum Gasteiger partial charge on any atom is 0.291 e. The topological polar surface area (TPSA) is 83.2 Å². The first-order valence-electron chi connectivity index (χ1n) is 10.5. The first-order valence-corrected chi connectivity index (χ1v) is 10.9. The Balaban J connectivity index is 1.25. The van der Waals surface area contributed by atoms with Crippen molar-refractivity contribution in [2.75, 3.05) is 11.9 Å². The number of rotatable bonds is 5. The number of fused-ring (bicyclic) bond motifs is 2. The maximum absolute atomic E-state index is 12.6. The molecule has 1 aliphatic heterocycles. The minimum atomic E-state index is -0.380. The van der Waals surface area contributed by atoms with Crippen molar-refractivity contribution in [3.05, 3.63) is 100 Å². The molecule has 2 heterocycles. The lowest BCUT2D eigenvalue weighted by Crippen LogP contribution is -2.27. The fourth-order valence-corrected chi connectivity index (χ4v) is 3.89. The number of amides is 2. The third kappa shape index (κ3) is 4.47. The van der Waals surface area contributed by atoms with Gasteiger partial charge in [0.05, 0.1) is 5.69 Å². The third-order valence-corrected chi connectivity index (χ3v) is 5.71. The number of ether oxygens (including phenoxy) is 1. The van der Waals surface area contributed by atoms with Gasteiger partial charge < -0.3 is 20.4 Å². The molecule has 0 radical (unpaired) electrons. The number of carbonyl (C=O) groups is 2. The second-order valence-electron chi connectivity index (χ2n) is 7.69. The minimum absolute atomic E-state index is 0.167. The summed E-state index contributed by atoms with van der Waals surface area (Å²) in [5.74, 6) is 0.0506. The molecule has 2 amide bonds. The Morgan fingerprint density at radius 3 is 2.73 bits per heavy atom. The van der Waals surface area contributed by atoms with Crippen molar-refractivity contribution in [1.29, 1.82) is 0 Å². The van der Waals surface area contributed by atoms with Crippen LogP contribution in [-0.4, -0.2) is 23.3 Å². The molecule has 7 heteroatoms. The van der Waals surface area contributed by atoms with Gasteiger partial charge in [-0.15, -0.1) is 0 Å². The summed E-state index contributed by atoms with van der Waals surface area (Å²) < 4.78 is 5.76. The molecule has 4 aromatic rings. The Labute approximate surface area is 195 Å². The van der Waals surface area contributed by atoms with Gasteiger partial charge in [-0.05, 0) is 60.0 Å². The summed E-state index contributed by atoms with van der Waals surface area (Å²) in [5.41, 5.74) is 3.92. The van der Waals surface area contributed by atoms with E-state index in [0.29, 0.717) is 35.0 Å². The number of halogens is 1. The van der Waals surface area contributed by atoms with Crippen LogP contribution in [0, 0.1) is 0 Å². The van der Waals surface area contributed by atoms with Crippen molar-refractivity contribution in [1.82, 2.24) is 10.3 Å². The van der Waals surface area contributed by atoms with Gasteiger partial charge in [-0.2, -0.15) is 0 Å². The van der Waals surface area contributed by atoms with Crippen LogP contribution in [0.15, 0.2) is 78.7 Å². The summed E-state index contributed by atoms with van der Waals surface area (Å²) >= 11 is 5.91. The highest BCUT2D eigenvalue weighted by Gasteiger charge is 2.23. The molecule has 0 unspecified atom stereocenters. The Hall–Kier alpha value is -4.03. The van der Waals surface area contributed by atoms with Crippen LogP contribution in [0.25, 0.3) is 17.0 Å². The zero-order chi connectivity index (χ0) is 22.8. The quantitative estimate of drug-likeness (QED) is 0.362. The van der Waals surface area contributed by atoms with Crippen molar-refractivity contribution in [2.24, 2.45) is 0 Å². The van der Waals surface area contributed by atoms with Gasteiger partial charge in [0, 0.05) is 34.2 Å². The van der Waals surface area contributed by atoms with E-state index in [1.54, 1.807) is 48.5 Å². The fourth-order valence-electron chi connectivity index (χ4n) is 3.76. The molecule has 0 bridgehead atoms. The van der Waals surface area contributed by atoms with Gasteiger partial charge in [-0.3, -0.25) is 9.59 Å². The van der Waals surface area contributed by atoms with Crippen molar-refractivity contribution in [3.63, 3.8) is 0 Å². The second kappa shape index (κ2) is 8.84. The van der Waals surface area contributed by atoms with Crippen molar-refractivity contribution < 1.29 is 14.3 Å². The number of benzene rings is 3. The van der Waals surface area contributed by atoms with E-state index in [9.17, 15) is 9.59 Å². The molecule has 5 rings (SSSR count). The predicted molar refractivity (Wildman–Crippen MR) is 129 cm³/mol. The SMILES string of the molecule is O=C1Nc2cc(C(=O)NCCc3c[nH]c4ccccc34)ccc2OC1=Cc1ccc(Cl)cc1. The number of hydrogen-bond acceptors (Lipinski definition) is 3. The van der Waals surface area contributed by atoms with E-state index in [1.807, 2.05) is 24.4 Å². The summed E-state index contributed by atoms with van der Waals surface area (Å²) in [7, 11) is 0. The first kappa shape index (κ1) is 20.8. The summed E-state index contributed by atoms with van der Waals surface area (Å²) in [6, 6.07) is 20.1. The van der Waals surface area contributed by atoms with Crippen LogP contribution in [0.5, 0.6) is 5.75 Å². The van der Waals surface area contributed by atoms with E-state index in [4.69, 9.17) is 16.3 Å². The average Bonchev–Trinajstić information content (AvgIpc) is 3.24. The van der Waals surface area contributed by atoms with Crippen molar-refractivity contribution >= 4 is 46.1 Å². The molecule has 0 aliphatic carbocycles. The smallest absolute Gasteiger partial charge is 0.291 e. The zero-order valence-electron chi connectivity index (χ0n) is 17.5. The Bertz CT molecular complexity index is 1390. The number of nitrogens with one attached hydrogen (secondary N) is 3. The highest BCUT2D eigenvalue weighted by molar-refractivity contribution is 6.30. The molecule has 3 aromatic carbocycles. The molecular formula is C26H20ClN3O3. The number of anilines is 1. The molecule has 0 saturated carbocycles. The number of aromatic nitrogens is 1. The van der Waals surface area contributed by atoms with E-state index in [1.165, 1.54) is 0 Å². The first-order chi connectivity index (χ1) is 16.1. The Kier molecular flexibility index (Phi) is 5.59. The Morgan fingerprint density at radius 1 is 1.06 bits per heavy atom. The molecule has 6 nitrogen and oxygen atoms in total. The van der Waals surface area contributed by atoms with Crippen molar-refractivity contribution in [2.45, 2.75) is 6.42 Å². The maximum atomic E-state index is 12.6. The molecule has 1 aromatic heterocycles. The number of para-hydroxylation sites is 1. The van der Waals surface area contributed by atoms with Crippen LogP contribution in [0.4, 0.5) is 5.69 Å². The number of hydrogen-bond donors (Lipinski definition) is 3. The van der Waals surface area contributed by atoms with Crippen LogP contribution in [0.2, 0.25) is 5.02 Å². The standard InChI is InChI=1S/C26H20ClN3O3/c27-19-8-5-16(6-9-19)13-24-26(32)30-22-14-17(7-10-23(22)33-24)25(31)28-12-11-18-15-29-21-4-2-1-3-20(18)21/h1-10,13-15,29H,11-12H2,(H,28,31)(H,30,32). The molecule has 1 aliphatic rings. The number of carbonyl (C=O) groups excluding carboxylic acids is 2. The molecule has 0 spiro atoms. The van der Waals surface area contributed by atoms with E-state index in [0.717, 1.165) is 22.0 Å². The normalized spacial score (nSPS) is 14.0. The van der Waals surface area contributed by atoms with Gasteiger partial charge >= 0.3 is 0 Å². The highest BCUT2D eigenvalue weighted by atomic mass is 35.5. The van der Waals surface area contributed by atoms with E-state index in [2.05, 4.69) is 21.7 Å². The van der Waals surface area contributed by atoms with Gasteiger partial charge in [0.1, 0.15) is 0 Å². The lowest BCUT2D eigenvalue weighted by molar-refractivity contribution is -0.115. The van der Waals surface area contributed by atoms with Crippen LogP contribution >= 0.6 is 11.6 Å². The monoisotopic (exact) mass is 457 g/mol. The number of aromatic amines is 1. The predicted octanol–water partition coefficient (Wildman–Crippen LogP) is 5.17. The summed E-state index contributed by atoms with van der Waals surface area (Å²) in [6.45, 7) is 0.495. The summed E-state index contributed by atoms with van der Waals surface area (Å²) in [4.78, 5) is 28.4. The van der Waals surface area contributed by atoms with Gasteiger partial charge in [-0.25, -0.2) is 0 Å². The van der Waals surface area contributed by atoms with Crippen LogP contribution in [0.3, 0.4) is 0 Å². The molecular weight excluding hydrogens is 438 g/mol. The highest BCUT2D eigenvalue weighted by Crippen LogP contribution is 2.32. The van der Waals surface area contributed by atoms with Crippen molar-refractivity contribution in [3.8, 4) is 5.75 Å². The van der Waals surface area contributed by atoms with Gasteiger partial charge in [0.2, 0.25) is 0 Å². The molecule has 33 heavy (non-hydrogen) atoms. The van der Waals surface area contributed by atoms with E-state index >= 15 is 0 Å². The van der Waals surface area contributed by atoms with Gasteiger partial charge in [0.15, 0.2) is 11.5 Å². The molecule has 164 valence electrons. The largest absolute Gasteiger partial charge is 0.449 e. The van der Waals surface area contributed by atoms with Gasteiger partial charge in [0.25, 0.3) is 11.8 Å². The molecule has 0 fully saturated rings. The average molecular weight is 458 g/mol. The summed E-state index contributed by atoms with van der Waals surface area (Å²) in [6.07, 6.45) is 4.32. The minimum Gasteiger partial charge on any atom is -0.449 e. The number of H-pyrrole nitrogens is 1. The van der Waals surface area contributed by atoms with E-state index < -0.39 is 0 Å². The molecule has 3 N–H and O–H groups in total. The third-order valence-electron chi connectivity index (χ3n) is 5.46. The lowest BCUT2D eigenvalue weighted by atomic mass is 10.1. The molecule has 0 saturated heterocycles. The van der Waals surface area contributed by atoms with Crippen LogP contribution in [-0.2, 0) is 11.2 Å². The fraction of sp³-hybridized carbons (Fsp3) is 0.0769. The van der Waals surface area contributed by atoms with Gasteiger partial charge in [-0.1, -0.05) is 41.9 Å². The lowest BCUT2D eigenvalue weighted by Gasteiger charge is -2.20. The zero-order valence-corrected chi connectivity index (χ0v) is 18.3. The van der Waals surface area contributed by atoms with E-state index in [-0.39, 0.29) is 17.6 Å². The summed E-state index contributed by atoms with van der Waals surface area (Å²) in [5, 5.41) is 7.50. The second-order valence-corrected chi connectivity index (χ2v) is 8.13. The van der Waals surface area contributed by atoms with Crippen LogP contribution in [0.1, 0.15) is 21.5 Å². The van der Waals surface area contributed by atoms with Crippen LogP contribution < -0.4 is 15.4 Å². The Morgan fingerprint density at radius 2 is 1.88 bits per heavy atom.